The first-order valence-electron chi connectivity index (χ1n) is 8.69. The standard InChI is InChI=1S/C21H14BF7O/c1-9-13(4-11(23)6-15(9)25)22(14-5-12(24)7-16(26)10(14)2)19-20(29)17(27)8-18(28)21(19)30-3/h4-8H,1-3H3. The van der Waals surface area contributed by atoms with Gasteiger partial charge in [-0.05, 0) is 37.1 Å². The number of halogens is 7. The van der Waals surface area contributed by atoms with Gasteiger partial charge in [-0.3, -0.25) is 0 Å². The number of ether oxygens (including phenoxy) is 1. The van der Waals surface area contributed by atoms with E-state index in [0.717, 1.165) is 19.2 Å². The second kappa shape index (κ2) is 8.05. The van der Waals surface area contributed by atoms with E-state index >= 15 is 0 Å². The van der Waals surface area contributed by atoms with Crippen molar-refractivity contribution in [1.29, 1.82) is 0 Å². The first-order valence-corrected chi connectivity index (χ1v) is 8.69. The van der Waals surface area contributed by atoms with Gasteiger partial charge in [0.2, 0.25) is 0 Å². The van der Waals surface area contributed by atoms with Crippen molar-refractivity contribution in [3.8, 4) is 5.75 Å². The molecule has 0 aliphatic carbocycles. The molecule has 3 rings (SSSR count). The summed E-state index contributed by atoms with van der Waals surface area (Å²) >= 11 is 0. The fraction of sp³-hybridized carbons (Fsp3) is 0.143. The Balaban J connectivity index is 2.52. The minimum Gasteiger partial charge on any atom is -0.494 e. The molecule has 0 bridgehead atoms. The summed E-state index contributed by atoms with van der Waals surface area (Å²) in [7, 11) is 0.981. The molecule has 1 nitrogen and oxygen atoms in total. The van der Waals surface area contributed by atoms with E-state index in [4.69, 9.17) is 4.74 Å². The van der Waals surface area contributed by atoms with Gasteiger partial charge in [-0.1, -0.05) is 10.9 Å². The third-order valence-electron chi connectivity index (χ3n) is 4.97. The van der Waals surface area contributed by atoms with Crippen molar-refractivity contribution in [3.05, 3.63) is 82.2 Å². The second-order valence-electron chi connectivity index (χ2n) is 6.74. The number of methoxy groups -OCH3 is 1. The van der Waals surface area contributed by atoms with E-state index in [-0.39, 0.29) is 28.1 Å². The molecule has 0 saturated carbocycles. The molecule has 0 heterocycles. The molecule has 0 amide bonds. The number of benzene rings is 3. The van der Waals surface area contributed by atoms with Crippen LogP contribution in [0.5, 0.6) is 5.75 Å². The van der Waals surface area contributed by atoms with Crippen LogP contribution in [0.3, 0.4) is 0 Å². The van der Waals surface area contributed by atoms with Crippen LogP contribution in [0.25, 0.3) is 0 Å². The van der Waals surface area contributed by atoms with Crippen LogP contribution < -0.4 is 21.1 Å². The van der Waals surface area contributed by atoms with Crippen molar-refractivity contribution in [2.75, 3.05) is 7.11 Å². The smallest absolute Gasteiger partial charge is 0.251 e. The molecule has 9 heteroatoms. The zero-order valence-corrected chi connectivity index (χ0v) is 16.0. The van der Waals surface area contributed by atoms with Crippen molar-refractivity contribution in [3.63, 3.8) is 0 Å². The van der Waals surface area contributed by atoms with Crippen LogP contribution in [0.4, 0.5) is 30.7 Å². The third-order valence-corrected chi connectivity index (χ3v) is 4.97. The van der Waals surface area contributed by atoms with Gasteiger partial charge in [0.15, 0.2) is 23.2 Å². The van der Waals surface area contributed by atoms with Crippen LogP contribution in [0, 0.1) is 54.6 Å². The Bertz CT molecular complexity index is 1090. The van der Waals surface area contributed by atoms with E-state index in [2.05, 4.69) is 0 Å². The molecule has 0 spiro atoms. The largest absolute Gasteiger partial charge is 0.494 e. The molecule has 0 saturated heterocycles. The third kappa shape index (κ3) is 3.64. The zero-order chi connectivity index (χ0) is 22.3. The Labute approximate surface area is 168 Å². The Morgan fingerprint density at radius 3 is 1.53 bits per heavy atom. The summed E-state index contributed by atoms with van der Waals surface area (Å²) in [5.41, 5.74) is -1.73. The van der Waals surface area contributed by atoms with E-state index in [1.54, 1.807) is 0 Å². The average molecular weight is 426 g/mol. The van der Waals surface area contributed by atoms with Crippen molar-refractivity contribution in [1.82, 2.24) is 0 Å². The lowest BCUT2D eigenvalue weighted by Gasteiger charge is -2.23. The number of hydrogen-bond donors (Lipinski definition) is 0. The van der Waals surface area contributed by atoms with Crippen molar-refractivity contribution >= 4 is 23.1 Å². The van der Waals surface area contributed by atoms with E-state index < -0.39 is 58.6 Å². The van der Waals surface area contributed by atoms with Crippen LogP contribution in [0.2, 0.25) is 0 Å². The summed E-state index contributed by atoms with van der Waals surface area (Å²) in [6.45, 7) is 0.769. The lowest BCUT2D eigenvalue weighted by Crippen LogP contribution is -2.56. The average Bonchev–Trinajstić information content (AvgIpc) is 2.66. The zero-order valence-electron chi connectivity index (χ0n) is 16.0. The maximum Gasteiger partial charge on any atom is 0.251 e. The molecule has 0 aliphatic heterocycles. The van der Waals surface area contributed by atoms with Gasteiger partial charge in [0, 0.05) is 23.7 Å². The van der Waals surface area contributed by atoms with Crippen LogP contribution >= 0.6 is 0 Å². The van der Waals surface area contributed by atoms with Crippen molar-refractivity contribution in [2.24, 2.45) is 0 Å². The van der Waals surface area contributed by atoms with Crippen LogP contribution in [-0.4, -0.2) is 13.8 Å². The molecule has 0 fully saturated rings. The fourth-order valence-corrected chi connectivity index (χ4v) is 3.47. The molecule has 0 unspecified atom stereocenters. The summed E-state index contributed by atoms with van der Waals surface area (Å²) in [4.78, 5) is 0. The lowest BCUT2D eigenvalue weighted by atomic mass is 9.35. The van der Waals surface area contributed by atoms with Gasteiger partial charge < -0.3 is 4.74 Å². The normalized spacial score (nSPS) is 11.0. The maximum atomic E-state index is 14.9. The van der Waals surface area contributed by atoms with E-state index in [0.29, 0.717) is 12.1 Å². The SMILES string of the molecule is COc1c(F)cc(F)c(F)c1B(c1cc(F)cc(F)c1C)c1cc(F)cc(F)c1C. The highest BCUT2D eigenvalue weighted by Gasteiger charge is 2.36. The summed E-state index contributed by atoms with van der Waals surface area (Å²) in [6.07, 6.45) is 0. The predicted molar refractivity (Wildman–Crippen MR) is 99.7 cm³/mol. The fourth-order valence-electron chi connectivity index (χ4n) is 3.47. The van der Waals surface area contributed by atoms with Gasteiger partial charge in [-0.15, -0.1) is 0 Å². The highest BCUT2D eigenvalue weighted by molar-refractivity contribution is 6.96. The summed E-state index contributed by atoms with van der Waals surface area (Å²) in [5.74, 6) is -9.41. The number of hydrogen-bond acceptors (Lipinski definition) is 1. The Hall–Kier alpha value is -2.97. The minimum atomic E-state index is -1.68. The molecular weight excluding hydrogens is 412 g/mol. The van der Waals surface area contributed by atoms with Gasteiger partial charge in [-0.2, -0.15) is 0 Å². The molecule has 30 heavy (non-hydrogen) atoms. The second-order valence-corrected chi connectivity index (χ2v) is 6.74. The van der Waals surface area contributed by atoms with Gasteiger partial charge >= 0.3 is 0 Å². The first kappa shape index (κ1) is 21.7. The van der Waals surface area contributed by atoms with Crippen molar-refractivity contribution in [2.45, 2.75) is 13.8 Å². The van der Waals surface area contributed by atoms with Gasteiger partial charge in [0.05, 0.1) is 7.11 Å². The Morgan fingerprint density at radius 2 is 1.10 bits per heavy atom. The molecule has 0 radical (unpaired) electrons. The summed E-state index contributed by atoms with van der Waals surface area (Å²) in [5, 5.41) is 0. The molecule has 0 atom stereocenters. The molecule has 0 aliphatic rings. The van der Waals surface area contributed by atoms with Gasteiger partial charge in [0.25, 0.3) is 6.71 Å². The van der Waals surface area contributed by atoms with Gasteiger partial charge in [-0.25, -0.2) is 30.7 Å². The maximum absolute atomic E-state index is 14.9. The van der Waals surface area contributed by atoms with Gasteiger partial charge in [0.1, 0.15) is 23.3 Å². The van der Waals surface area contributed by atoms with Crippen LogP contribution in [0.1, 0.15) is 11.1 Å². The molecule has 156 valence electrons. The Morgan fingerprint density at radius 1 is 0.633 bits per heavy atom. The highest BCUT2D eigenvalue weighted by Crippen LogP contribution is 2.21. The van der Waals surface area contributed by atoms with E-state index in [1.807, 2.05) is 0 Å². The highest BCUT2D eigenvalue weighted by atomic mass is 19.2. The first-order chi connectivity index (χ1) is 14.1. The van der Waals surface area contributed by atoms with Crippen molar-refractivity contribution < 1.29 is 35.5 Å². The number of rotatable bonds is 4. The molecule has 3 aromatic carbocycles. The summed E-state index contributed by atoms with van der Waals surface area (Å²) < 4.78 is 105. The molecule has 0 aromatic heterocycles. The lowest BCUT2D eigenvalue weighted by molar-refractivity contribution is 0.381. The topological polar surface area (TPSA) is 9.23 Å². The van der Waals surface area contributed by atoms with E-state index in [9.17, 15) is 30.7 Å². The molecule has 3 aromatic rings. The molecular formula is C21H14BF7O. The predicted octanol–water partition coefficient (Wildman–Crippen LogP) is 3.80. The summed E-state index contributed by atoms with van der Waals surface area (Å²) in [6, 6.07) is 3.00. The van der Waals surface area contributed by atoms with E-state index in [1.165, 1.54) is 13.8 Å². The molecule has 0 N–H and O–H groups in total. The monoisotopic (exact) mass is 426 g/mol. The van der Waals surface area contributed by atoms with Crippen LogP contribution in [0.15, 0.2) is 30.3 Å². The minimum absolute atomic E-state index is 0.198. The Kier molecular flexibility index (Phi) is 5.83. The quantitative estimate of drug-likeness (QED) is 0.351. The van der Waals surface area contributed by atoms with Crippen LogP contribution in [-0.2, 0) is 0 Å².